The summed E-state index contributed by atoms with van der Waals surface area (Å²) in [5.41, 5.74) is 0.935. The molecule has 4 saturated heterocycles. The van der Waals surface area contributed by atoms with Gasteiger partial charge in [-0.2, -0.15) is 0 Å². The van der Waals surface area contributed by atoms with Crippen LogP contribution in [0.5, 0.6) is 0 Å². The summed E-state index contributed by atoms with van der Waals surface area (Å²) < 4.78 is 47.0. The van der Waals surface area contributed by atoms with Gasteiger partial charge < -0.3 is 104 Å². The SMILES string of the molecule is CCCCCCC(CCCCCC)(CCC(CO[C@H]1OC(CO)[C@H](O[C@@H]2OC(CO)[C@H](C)C(O)[C@H]2O)C(O)[C@H]1O)CO[C@H]1OC(CO)[C@H](O[C@@H]2OC(CO)[C@H](O)C(O)[C@H]2O)C(O)[C@H]1O)c1ccccc1. The van der Waals surface area contributed by atoms with Crippen molar-refractivity contribution in [3.8, 4) is 0 Å². The first-order valence-corrected chi connectivity index (χ1v) is 25.4. The highest BCUT2D eigenvalue weighted by atomic mass is 16.8. The first-order valence-electron chi connectivity index (χ1n) is 25.4. The van der Waals surface area contributed by atoms with E-state index < -0.39 is 155 Å². The fourth-order valence-electron chi connectivity index (χ4n) is 10.1. The van der Waals surface area contributed by atoms with Crippen LogP contribution < -0.4 is 0 Å². The fourth-order valence-corrected chi connectivity index (χ4v) is 10.1. The molecule has 4 aliphatic heterocycles. The maximum atomic E-state index is 11.4. The molecule has 4 aliphatic rings. The monoisotopic (exact) mass is 1010 g/mol. The molecular weight excluding hydrogens is 925 g/mol. The molecule has 0 amide bonds. The Morgan fingerprint density at radius 3 is 1.36 bits per heavy atom. The summed E-state index contributed by atoms with van der Waals surface area (Å²) in [6, 6.07) is 10.3. The van der Waals surface area contributed by atoms with Gasteiger partial charge in [0.1, 0.15) is 79.4 Å². The Bertz CT molecular complexity index is 1490. The highest BCUT2D eigenvalue weighted by Gasteiger charge is 2.53. The van der Waals surface area contributed by atoms with Crippen molar-refractivity contribution >= 4 is 0 Å². The van der Waals surface area contributed by atoms with Crippen molar-refractivity contribution < 1.29 is 104 Å². The molecule has 0 bridgehead atoms. The quantitative estimate of drug-likeness (QED) is 0.0439. The topological polar surface area (TPSA) is 337 Å². The number of unbranched alkanes of at least 4 members (excludes halogenated alkanes) is 6. The second-order valence-electron chi connectivity index (χ2n) is 19.7. The Hall–Kier alpha value is -1.62. The average molecular weight is 1010 g/mol. The molecule has 70 heavy (non-hydrogen) atoms. The Kier molecular flexibility index (Phi) is 24.5. The van der Waals surface area contributed by atoms with E-state index in [9.17, 15) is 66.4 Å². The molecule has 13 N–H and O–H groups in total. The zero-order chi connectivity index (χ0) is 51.1. The van der Waals surface area contributed by atoms with Crippen molar-refractivity contribution in [1.29, 1.82) is 0 Å². The summed E-state index contributed by atoms with van der Waals surface area (Å²) in [5.74, 6) is -1.21. The summed E-state index contributed by atoms with van der Waals surface area (Å²) in [6.45, 7) is 2.83. The molecule has 9 unspecified atom stereocenters. The first-order chi connectivity index (χ1) is 33.6. The predicted octanol–water partition coefficient (Wildman–Crippen LogP) is -1.18. The number of aliphatic hydroxyl groups excluding tert-OH is 13. The van der Waals surface area contributed by atoms with Gasteiger partial charge >= 0.3 is 0 Å². The molecule has 1 aromatic rings. The van der Waals surface area contributed by atoms with E-state index >= 15 is 0 Å². The molecule has 4 heterocycles. The van der Waals surface area contributed by atoms with Crippen molar-refractivity contribution in [2.45, 2.75) is 220 Å². The number of rotatable bonds is 28. The highest BCUT2D eigenvalue weighted by Crippen LogP contribution is 2.42. The Balaban J connectivity index is 1.36. The van der Waals surface area contributed by atoms with Crippen molar-refractivity contribution in [1.82, 2.24) is 0 Å². The van der Waals surface area contributed by atoms with Gasteiger partial charge in [-0.25, -0.2) is 0 Å². The van der Waals surface area contributed by atoms with Crippen LogP contribution >= 0.6 is 0 Å². The second kappa shape index (κ2) is 28.9. The molecule has 21 nitrogen and oxygen atoms in total. The normalized spacial score (nSPS) is 39.0. The molecule has 21 atom stereocenters. The fraction of sp³-hybridized carbons (Fsp3) is 0.878. The van der Waals surface area contributed by atoms with Crippen LogP contribution in [-0.2, 0) is 43.3 Å². The Morgan fingerprint density at radius 1 is 0.471 bits per heavy atom. The maximum Gasteiger partial charge on any atom is 0.187 e. The molecule has 0 aromatic heterocycles. The first kappa shape index (κ1) is 59.3. The number of benzene rings is 1. The number of ether oxygens (including phenoxy) is 8. The molecular formula is C49H84O21. The molecule has 0 saturated carbocycles. The van der Waals surface area contributed by atoms with Gasteiger partial charge in [0.05, 0.1) is 51.8 Å². The third-order valence-corrected chi connectivity index (χ3v) is 14.7. The van der Waals surface area contributed by atoms with Gasteiger partial charge in [0.15, 0.2) is 25.2 Å². The van der Waals surface area contributed by atoms with Crippen LogP contribution in [0.3, 0.4) is 0 Å². The van der Waals surface area contributed by atoms with Gasteiger partial charge in [-0.15, -0.1) is 0 Å². The largest absolute Gasteiger partial charge is 0.394 e. The zero-order valence-electron chi connectivity index (χ0n) is 40.8. The van der Waals surface area contributed by atoms with Crippen molar-refractivity contribution in [2.24, 2.45) is 11.8 Å². The lowest BCUT2D eigenvalue weighted by Gasteiger charge is -2.46. The van der Waals surface area contributed by atoms with Crippen LogP contribution in [0, 0.1) is 11.8 Å². The van der Waals surface area contributed by atoms with E-state index in [4.69, 9.17) is 37.9 Å². The summed E-state index contributed by atoms with van der Waals surface area (Å²) in [5, 5.41) is 138. The third-order valence-electron chi connectivity index (χ3n) is 14.7. The lowest BCUT2D eigenvalue weighted by atomic mass is 9.68. The van der Waals surface area contributed by atoms with E-state index in [0.717, 1.165) is 64.2 Å². The standard InChI is InChI=1S/C49H84O21/c1-4-6-8-13-18-49(19-14-9-7-5-2,29-15-11-10-12-16-29)20-17-28(25-63-45-41(61)37(57)43(32(23-52)67-45)69-47-39(59)34(54)27(3)30(21-50)65-47)26-64-46-42(62)38(58)44(33(24-53)68-46)70-48-40(60)36(56)35(55)31(22-51)66-48/h10-12,15-16,27-28,30-48,50-62H,4-9,13-14,17-26H2,1-3H3/t27-,28?,30?,31?,32?,33?,34?,35-,36?,37?,38?,39+,40+,41+,42+,43-,44-,45-,46-,47-,48-/m0/s1. The predicted molar refractivity (Wildman–Crippen MR) is 246 cm³/mol. The van der Waals surface area contributed by atoms with Crippen molar-refractivity contribution in [3.63, 3.8) is 0 Å². The molecule has 0 spiro atoms. The zero-order valence-corrected chi connectivity index (χ0v) is 40.8. The summed E-state index contributed by atoms with van der Waals surface area (Å²) >= 11 is 0. The second-order valence-corrected chi connectivity index (χ2v) is 19.7. The van der Waals surface area contributed by atoms with Gasteiger partial charge in [0.25, 0.3) is 0 Å². The molecule has 0 radical (unpaired) electrons. The smallest absolute Gasteiger partial charge is 0.187 e. The van der Waals surface area contributed by atoms with Gasteiger partial charge in [0.2, 0.25) is 0 Å². The summed E-state index contributed by atoms with van der Waals surface area (Å²) in [7, 11) is 0. The number of hydrogen-bond acceptors (Lipinski definition) is 21. The van der Waals surface area contributed by atoms with E-state index in [2.05, 4.69) is 26.0 Å². The van der Waals surface area contributed by atoms with Crippen LogP contribution in [0.4, 0.5) is 0 Å². The number of aliphatic hydroxyl groups is 13. The van der Waals surface area contributed by atoms with E-state index in [1.165, 1.54) is 5.56 Å². The molecule has 1 aromatic carbocycles. The maximum absolute atomic E-state index is 11.4. The van der Waals surface area contributed by atoms with Crippen LogP contribution in [0.25, 0.3) is 0 Å². The molecule has 21 heteroatoms. The molecule has 4 fully saturated rings. The van der Waals surface area contributed by atoms with E-state index in [1.54, 1.807) is 6.92 Å². The molecule has 406 valence electrons. The van der Waals surface area contributed by atoms with Gasteiger partial charge in [-0.05, 0) is 36.7 Å². The minimum atomic E-state index is -1.84. The van der Waals surface area contributed by atoms with E-state index in [-0.39, 0.29) is 18.6 Å². The summed E-state index contributed by atoms with van der Waals surface area (Å²) in [6.07, 6.45) is -18.3. The molecule has 5 rings (SSSR count). The van der Waals surface area contributed by atoms with Gasteiger partial charge in [-0.1, -0.05) is 102 Å². The van der Waals surface area contributed by atoms with Gasteiger partial charge in [0, 0.05) is 11.8 Å². The summed E-state index contributed by atoms with van der Waals surface area (Å²) in [4.78, 5) is 0. The van der Waals surface area contributed by atoms with Crippen LogP contribution in [0.2, 0.25) is 0 Å². The van der Waals surface area contributed by atoms with Crippen LogP contribution in [0.15, 0.2) is 30.3 Å². The Labute approximate surface area is 410 Å². The lowest BCUT2D eigenvalue weighted by molar-refractivity contribution is -0.361. The van der Waals surface area contributed by atoms with E-state index in [1.807, 2.05) is 18.2 Å². The lowest BCUT2D eigenvalue weighted by Crippen LogP contribution is -2.64. The van der Waals surface area contributed by atoms with Crippen LogP contribution in [-0.4, -0.2) is 223 Å². The minimum absolute atomic E-state index is 0.168. The number of hydrogen-bond donors (Lipinski definition) is 13. The third kappa shape index (κ3) is 14.8. The average Bonchev–Trinajstić information content (AvgIpc) is 3.37. The van der Waals surface area contributed by atoms with Crippen molar-refractivity contribution in [2.75, 3.05) is 39.6 Å². The van der Waals surface area contributed by atoms with Crippen molar-refractivity contribution in [3.05, 3.63) is 35.9 Å². The Morgan fingerprint density at radius 2 is 0.900 bits per heavy atom. The molecule has 0 aliphatic carbocycles. The van der Waals surface area contributed by atoms with Crippen LogP contribution in [0.1, 0.15) is 103 Å². The minimum Gasteiger partial charge on any atom is -0.394 e. The van der Waals surface area contributed by atoms with Gasteiger partial charge in [-0.3, -0.25) is 0 Å². The van der Waals surface area contributed by atoms with E-state index in [0.29, 0.717) is 12.8 Å². The highest BCUT2D eigenvalue weighted by molar-refractivity contribution is 5.25.